The zero-order chi connectivity index (χ0) is 16.7. The first-order valence-electron chi connectivity index (χ1n) is 8.78. The van der Waals surface area contributed by atoms with Crippen molar-refractivity contribution in [3.63, 3.8) is 0 Å². The van der Waals surface area contributed by atoms with E-state index < -0.39 is 0 Å². The molecule has 1 aromatic heterocycles. The molecule has 24 heavy (non-hydrogen) atoms. The Morgan fingerprint density at radius 3 is 2.83 bits per heavy atom. The number of amides is 1. The average Bonchev–Trinajstić information content (AvgIpc) is 3.06. The van der Waals surface area contributed by atoms with Crippen molar-refractivity contribution in [3.8, 4) is 5.75 Å². The summed E-state index contributed by atoms with van der Waals surface area (Å²) >= 11 is 0. The van der Waals surface area contributed by atoms with E-state index in [1.54, 1.807) is 7.11 Å². The lowest BCUT2D eigenvalue weighted by atomic mass is 9.84. The number of nitrogens with zero attached hydrogens (tertiary/aromatic N) is 2. The molecule has 6 nitrogen and oxygen atoms in total. The Hall–Kier alpha value is -2.08. The summed E-state index contributed by atoms with van der Waals surface area (Å²) in [6.07, 6.45) is 3.15. The van der Waals surface area contributed by atoms with Gasteiger partial charge in [0.1, 0.15) is 5.75 Å². The lowest BCUT2D eigenvalue weighted by Crippen LogP contribution is -2.57. The van der Waals surface area contributed by atoms with Gasteiger partial charge in [-0.05, 0) is 50.4 Å². The summed E-state index contributed by atoms with van der Waals surface area (Å²) < 4.78 is 5.46. The fraction of sp³-hybridized carbons (Fsp3) is 0.556. The summed E-state index contributed by atoms with van der Waals surface area (Å²) in [6, 6.07) is 4.09. The molecule has 3 saturated heterocycles. The van der Waals surface area contributed by atoms with Crippen LogP contribution in [0.2, 0.25) is 0 Å². The highest BCUT2D eigenvalue weighted by atomic mass is 16.5. The fourth-order valence-electron chi connectivity index (χ4n) is 4.24. The lowest BCUT2D eigenvalue weighted by Gasteiger charge is -2.44. The number of carbonyl (C=O) groups is 1. The van der Waals surface area contributed by atoms with Crippen LogP contribution in [-0.2, 0) is 6.42 Å². The molecule has 0 aliphatic carbocycles. The van der Waals surface area contributed by atoms with Gasteiger partial charge in [-0.25, -0.2) is 0 Å². The summed E-state index contributed by atoms with van der Waals surface area (Å²) in [6.45, 7) is 5.36. The SMILES string of the molecule is CCc1c(OC)ccc2[nH]nc(C(=O)N[C@@H]3CN4CCC3CC4)c12. The van der Waals surface area contributed by atoms with E-state index in [1.807, 2.05) is 12.1 Å². The first-order chi connectivity index (χ1) is 11.7. The molecule has 3 aliphatic rings. The molecular weight excluding hydrogens is 304 g/mol. The van der Waals surface area contributed by atoms with Crippen molar-refractivity contribution in [2.45, 2.75) is 32.2 Å². The standard InChI is InChI=1S/C18H24N4O2/c1-3-12-15(24-2)5-4-13-16(12)17(21-20-13)18(23)19-14-10-22-8-6-11(14)7-9-22/h4-5,11,14H,3,6-10H2,1-2H3,(H,19,23)(H,20,21)/t14-/m1/s1. The van der Waals surface area contributed by atoms with E-state index >= 15 is 0 Å². The van der Waals surface area contributed by atoms with Gasteiger partial charge in [0, 0.05) is 23.5 Å². The van der Waals surface area contributed by atoms with Gasteiger partial charge in [0.05, 0.1) is 12.6 Å². The molecule has 0 radical (unpaired) electrons. The summed E-state index contributed by atoms with van der Waals surface area (Å²) in [5.74, 6) is 1.33. The molecule has 4 heterocycles. The number of methoxy groups -OCH3 is 1. The Labute approximate surface area is 141 Å². The maximum Gasteiger partial charge on any atom is 0.272 e. The first-order valence-corrected chi connectivity index (χ1v) is 8.78. The van der Waals surface area contributed by atoms with Gasteiger partial charge < -0.3 is 15.0 Å². The molecule has 6 heteroatoms. The summed E-state index contributed by atoms with van der Waals surface area (Å²) in [5, 5.41) is 11.4. The molecule has 5 rings (SSSR count). The van der Waals surface area contributed by atoms with Crippen LogP contribution in [-0.4, -0.2) is 53.8 Å². The third-order valence-corrected chi connectivity index (χ3v) is 5.56. The van der Waals surface area contributed by atoms with Crippen LogP contribution in [0.3, 0.4) is 0 Å². The van der Waals surface area contributed by atoms with Gasteiger partial charge in [0.2, 0.25) is 0 Å². The number of H-pyrrole nitrogens is 1. The lowest BCUT2D eigenvalue weighted by molar-refractivity contribution is 0.0618. The fourth-order valence-corrected chi connectivity index (χ4v) is 4.24. The normalized spacial score (nSPS) is 25.8. The summed E-state index contributed by atoms with van der Waals surface area (Å²) in [5.41, 5.74) is 2.40. The van der Waals surface area contributed by atoms with Gasteiger partial charge in [-0.1, -0.05) is 6.92 Å². The Morgan fingerprint density at radius 1 is 1.42 bits per heavy atom. The molecule has 128 valence electrons. The molecule has 0 saturated carbocycles. The van der Waals surface area contributed by atoms with Crippen LogP contribution >= 0.6 is 0 Å². The molecule has 3 fully saturated rings. The van der Waals surface area contributed by atoms with Crippen molar-refractivity contribution < 1.29 is 9.53 Å². The largest absolute Gasteiger partial charge is 0.496 e. The van der Waals surface area contributed by atoms with Crippen molar-refractivity contribution >= 4 is 16.8 Å². The number of aromatic amines is 1. The predicted octanol–water partition coefficient (Wildman–Crippen LogP) is 1.96. The highest BCUT2D eigenvalue weighted by molar-refractivity contribution is 6.06. The minimum Gasteiger partial charge on any atom is -0.496 e. The zero-order valence-corrected chi connectivity index (χ0v) is 14.3. The number of piperidine rings is 3. The van der Waals surface area contributed by atoms with Crippen molar-refractivity contribution in [2.24, 2.45) is 5.92 Å². The smallest absolute Gasteiger partial charge is 0.272 e. The molecule has 3 aliphatic heterocycles. The molecule has 2 N–H and O–H groups in total. The van der Waals surface area contributed by atoms with Gasteiger partial charge in [-0.15, -0.1) is 0 Å². The molecule has 2 aromatic rings. The van der Waals surface area contributed by atoms with Crippen molar-refractivity contribution in [1.29, 1.82) is 0 Å². The Morgan fingerprint density at radius 2 is 2.21 bits per heavy atom. The molecule has 2 bridgehead atoms. The number of hydrogen-bond acceptors (Lipinski definition) is 4. The molecule has 1 atom stereocenters. The van der Waals surface area contributed by atoms with Crippen molar-refractivity contribution in [1.82, 2.24) is 20.4 Å². The van der Waals surface area contributed by atoms with E-state index in [4.69, 9.17) is 4.74 Å². The van der Waals surface area contributed by atoms with E-state index in [9.17, 15) is 4.79 Å². The van der Waals surface area contributed by atoms with Crippen LogP contribution in [0.5, 0.6) is 5.75 Å². The van der Waals surface area contributed by atoms with Crippen LogP contribution in [0.1, 0.15) is 35.8 Å². The third-order valence-electron chi connectivity index (χ3n) is 5.56. The number of ether oxygens (including phenoxy) is 1. The molecule has 0 spiro atoms. The Bertz CT molecular complexity index is 762. The van der Waals surface area contributed by atoms with Crippen molar-refractivity contribution in [3.05, 3.63) is 23.4 Å². The maximum absolute atomic E-state index is 12.9. The zero-order valence-electron chi connectivity index (χ0n) is 14.3. The quantitative estimate of drug-likeness (QED) is 0.900. The van der Waals surface area contributed by atoms with Gasteiger partial charge in [0.25, 0.3) is 5.91 Å². The molecule has 1 amide bonds. The number of benzene rings is 1. The highest BCUT2D eigenvalue weighted by Crippen LogP contribution is 2.31. The monoisotopic (exact) mass is 328 g/mol. The average molecular weight is 328 g/mol. The number of rotatable bonds is 4. The second kappa shape index (κ2) is 6.09. The number of carbonyl (C=O) groups excluding carboxylic acids is 1. The number of hydrogen-bond donors (Lipinski definition) is 2. The van der Waals surface area contributed by atoms with E-state index in [2.05, 4.69) is 27.3 Å². The Balaban J connectivity index is 1.65. The van der Waals surface area contributed by atoms with Crippen molar-refractivity contribution in [2.75, 3.05) is 26.7 Å². The van der Waals surface area contributed by atoms with Gasteiger partial charge in [0.15, 0.2) is 5.69 Å². The predicted molar refractivity (Wildman–Crippen MR) is 92.4 cm³/mol. The minimum atomic E-state index is -0.0806. The molecular formula is C18H24N4O2. The van der Waals surface area contributed by atoms with Gasteiger partial charge in [-0.3, -0.25) is 9.89 Å². The number of aromatic nitrogens is 2. The van der Waals surface area contributed by atoms with Crippen LogP contribution in [0, 0.1) is 5.92 Å². The van der Waals surface area contributed by atoms with Crippen LogP contribution < -0.4 is 10.1 Å². The third kappa shape index (κ3) is 2.45. The second-order valence-electron chi connectivity index (χ2n) is 6.81. The summed E-state index contributed by atoms with van der Waals surface area (Å²) in [7, 11) is 1.66. The van der Waals surface area contributed by atoms with E-state index in [0.29, 0.717) is 11.6 Å². The van der Waals surface area contributed by atoms with Crippen LogP contribution in [0.25, 0.3) is 10.9 Å². The Kier molecular flexibility index (Phi) is 3.92. The number of aryl methyl sites for hydroxylation is 1. The molecule has 0 unspecified atom stereocenters. The number of fused-ring (bicyclic) bond motifs is 4. The van der Waals surface area contributed by atoms with E-state index in [0.717, 1.165) is 35.2 Å². The van der Waals surface area contributed by atoms with E-state index in [-0.39, 0.29) is 11.9 Å². The number of nitrogens with one attached hydrogen (secondary N) is 2. The summed E-state index contributed by atoms with van der Waals surface area (Å²) in [4.78, 5) is 15.3. The topological polar surface area (TPSA) is 70.2 Å². The van der Waals surface area contributed by atoms with Gasteiger partial charge in [-0.2, -0.15) is 5.10 Å². The van der Waals surface area contributed by atoms with E-state index in [1.165, 1.54) is 25.9 Å². The minimum absolute atomic E-state index is 0.0806. The second-order valence-corrected chi connectivity index (χ2v) is 6.81. The van der Waals surface area contributed by atoms with Crippen LogP contribution in [0.4, 0.5) is 0 Å². The van der Waals surface area contributed by atoms with Gasteiger partial charge >= 0.3 is 0 Å². The maximum atomic E-state index is 12.9. The highest BCUT2D eigenvalue weighted by Gasteiger charge is 2.35. The first kappa shape index (κ1) is 15.4. The van der Waals surface area contributed by atoms with Crippen LogP contribution in [0.15, 0.2) is 12.1 Å². The molecule has 1 aromatic carbocycles.